The van der Waals surface area contributed by atoms with E-state index < -0.39 is 0 Å². The molecular weight excluding hydrogens is 288 g/mol. The highest BCUT2D eigenvalue weighted by atomic mass is 14.4. The Morgan fingerprint density at radius 3 is 2.71 bits per heavy atom. The number of hydrogen-bond donors (Lipinski definition) is 0. The SMILES string of the molecule is Cc1ccc2c(c1)Cc1cc3cccc4c3c(c1C2(C)C)CC=C4. The number of fused-ring (bicyclic) bond motifs is 3. The predicted molar refractivity (Wildman–Crippen MR) is 103 cm³/mol. The smallest absolute Gasteiger partial charge is 0.0155 e. The summed E-state index contributed by atoms with van der Waals surface area (Å²) in [5.41, 5.74) is 10.5. The molecule has 3 aromatic rings. The first-order valence-corrected chi connectivity index (χ1v) is 8.90. The van der Waals surface area contributed by atoms with Crippen LogP contribution < -0.4 is 0 Å². The van der Waals surface area contributed by atoms with Gasteiger partial charge >= 0.3 is 0 Å². The van der Waals surface area contributed by atoms with E-state index in [1.165, 1.54) is 38.6 Å². The summed E-state index contributed by atoms with van der Waals surface area (Å²) in [5, 5.41) is 2.87. The predicted octanol–water partition coefficient (Wildman–Crippen LogP) is 5.95. The summed E-state index contributed by atoms with van der Waals surface area (Å²) in [6.07, 6.45) is 6.74. The van der Waals surface area contributed by atoms with Crippen molar-refractivity contribution in [1.82, 2.24) is 0 Å². The third-order valence-corrected chi connectivity index (χ3v) is 5.94. The molecule has 24 heavy (non-hydrogen) atoms. The molecule has 0 nitrogen and oxygen atoms in total. The third kappa shape index (κ3) is 1.74. The van der Waals surface area contributed by atoms with Crippen LogP contribution in [0.2, 0.25) is 0 Å². The van der Waals surface area contributed by atoms with E-state index in [0.717, 1.165) is 12.8 Å². The summed E-state index contributed by atoms with van der Waals surface area (Å²) in [5.74, 6) is 0. The summed E-state index contributed by atoms with van der Waals surface area (Å²) in [6, 6.07) is 16.2. The molecule has 118 valence electrons. The Kier molecular flexibility index (Phi) is 2.69. The van der Waals surface area contributed by atoms with Crippen molar-refractivity contribution >= 4 is 16.8 Å². The normalized spacial score (nSPS) is 16.8. The average molecular weight is 310 g/mol. The van der Waals surface area contributed by atoms with Gasteiger partial charge in [0, 0.05) is 5.41 Å². The van der Waals surface area contributed by atoms with Gasteiger partial charge in [-0.3, -0.25) is 0 Å². The lowest BCUT2D eigenvalue weighted by atomic mass is 9.65. The number of rotatable bonds is 0. The second-order valence-corrected chi connectivity index (χ2v) is 7.90. The van der Waals surface area contributed by atoms with Crippen molar-refractivity contribution in [1.29, 1.82) is 0 Å². The van der Waals surface area contributed by atoms with E-state index in [-0.39, 0.29) is 5.41 Å². The van der Waals surface area contributed by atoms with E-state index in [1.807, 2.05) is 0 Å². The van der Waals surface area contributed by atoms with Crippen molar-refractivity contribution in [2.75, 3.05) is 0 Å². The standard InChI is InChI=1S/C24H22/c1-15-10-11-21-18(12-15)14-19-13-17-8-4-6-16-7-5-9-20(22(16)17)23(19)24(21,2)3/h4-8,10-13H,9,14H2,1-3H3. The summed E-state index contributed by atoms with van der Waals surface area (Å²) in [4.78, 5) is 0. The number of benzene rings is 3. The van der Waals surface area contributed by atoms with E-state index >= 15 is 0 Å². The molecule has 2 aliphatic carbocycles. The first-order valence-electron chi connectivity index (χ1n) is 8.90. The quantitative estimate of drug-likeness (QED) is 0.481. The van der Waals surface area contributed by atoms with Crippen LogP contribution >= 0.6 is 0 Å². The van der Waals surface area contributed by atoms with Gasteiger partial charge in [0.25, 0.3) is 0 Å². The summed E-state index contributed by atoms with van der Waals surface area (Å²) in [7, 11) is 0. The molecule has 0 radical (unpaired) electrons. The maximum Gasteiger partial charge on any atom is 0.0155 e. The zero-order valence-electron chi connectivity index (χ0n) is 14.6. The summed E-state index contributed by atoms with van der Waals surface area (Å²) in [6.45, 7) is 7.01. The minimum atomic E-state index is 0.0679. The second-order valence-electron chi connectivity index (χ2n) is 7.90. The topological polar surface area (TPSA) is 0 Å². The lowest BCUT2D eigenvalue weighted by Gasteiger charge is -2.38. The van der Waals surface area contributed by atoms with Crippen LogP contribution in [0.25, 0.3) is 16.8 Å². The summed E-state index contributed by atoms with van der Waals surface area (Å²) < 4.78 is 0. The Morgan fingerprint density at radius 1 is 0.958 bits per heavy atom. The van der Waals surface area contributed by atoms with Crippen LogP contribution in [0.15, 0.2) is 48.5 Å². The minimum absolute atomic E-state index is 0.0679. The van der Waals surface area contributed by atoms with E-state index in [1.54, 1.807) is 11.1 Å². The Morgan fingerprint density at radius 2 is 1.83 bits per heavy atom. The van der Waals surface area contributed by atoms with Crippen LogP contribution in [0.4, 0.5) is 0 Å². The van der Waals surface area contributed by atoms with Gasteiger partial charge in [-0.1, -0.05) is 74.0 Å². The first-order chi connectivity index (χ1) is 11.6. The maximum atomic E-state index is 2.45. The maximum absolute atomic E-state index is 2.45. The van der Waals surface area contributed by atoms with Gasteiger partial charge in [0.2, 0.25) is 0 Å². The fourth-order valence-electron chi connectivity index (χ4n) is 5.02. The molecule has 0 aliphatic heterocycles. The summed E-state index contributed by atoms with van der Waals surface area (Å²) >= 11 is 0. The van der Waals surface area contributed by atoms with Crippen molar-refractivity contribution in [2.24, 2.45) is 0 Å². The second kappa shape index (κ2) is 4.60. The lowest BCUT2D eigenvalue weighted by Crippen LogP contribution is -2.29. The van der Waals surface area contributed by atoms with Crippen LogP contribution in [-0.4, -0.2) is 0 Å². The van der Waals surface area contributed by atoms with Crippen molar-refractivity contribution in [3.05, 3.63) is 87.5 Å². The van der Waals surface area contributed by atoms with Crippen LogP contribution in [0.1, 0.15) is 52.8 Å². The lowest BCUT2D eigenvalue weighted by molar-refractivity contribution is 0.605. The van der Waals surface area contributed by atoms with E-state index in [2.05, 4.69) is 75.4 Å². The molecule has 0 fully saturated rings. The Labute approximate surface area is 143 Å². The molecule has 0 saturated heterocycles. The molecule has 0 amide bonds. The monoisotopic (exact) mass is 310 g/mol. The molecular formula is C24H22. The van der Waals surface area contributed by atoms with Gasteiger partial charge in [-0.05, 0) is 63.9 Å². The third-order valence-electron chi connectivity index (χ3n) is 5.94. The highest BCUT2D eigenvalue weighted by Gasteiger charge is 2.35. The minimum Gasteiger partial charge on any atom is -0.0795 e. The zero-order valence-corrected chi connectivity index (χ0v) is 14.6. The van der Waals surface area contributed by atoms with Gasteiger partial charge in [-0.25, -0.2) is 0 Å². The molecule has 0 unspecified atom stereocenters. The van der Waals surface area contributed by atoms with E-state index in [4.69, 9.17) is 0 Å². The molecule has 0 spiro atoms. The number of aryl methyl sites for hydroxylation is 1. The van der Waals surface area contributed by atoms with Gasteiger partial charge in [0.05, 0.1) is 0 Å². The molecule has 0 atom stereocenters. The Balaban J connectivity index is 1.89. The largest absolute Gasteiger partial charge is 0.0795 e. The van der Waals surface area contributed by atoms with Gasteiger partial charge < -0.3 is 0 Å². The number of allylic oxidation sites excluding steroid dienone is 1. The van der Waals surface area contributed by atoms with Gasteiger partial charge in [-0.15, -0.1) is 0 Å². The highest BCUT2D eigenvalue weighted by Crippen LogP contribution is 2.46. The molecule has 0 heteroatoms. The van der Waals surface area contributed by atoms with Crippen LogP contribution in [0.3, 0.4) is 0 Å². The van der Waals surface area contributed by atoms with Crippen LogP contribution in [0.5, 0.6) is 0 Å². The van der Waals surface area contributed by atoms with E-state index in [9.17, 15) is 0 Å². The molecule has 0 bridgehead atoms. The van der Waals surface area contributed by atoms with Crippen LogP contribution in [-0.2, 0) is 18.3 Å². The van der Waals surface area contributed by atoms with Gasteiger partial charge in [0.1, 0.15) is 0 Å². The number of hydrogen-bond acceptors (Lipinski definition) is 0. The van der Waals surface area contributed by atoms with Crippen molar-refractivity contribution in [2.45, 2.75) is 39.0 Å². The fourth-order valence-corrected chi connectivity index (χ4v) is 5.02. The molecule has 0 N–H and O–H groups in total. The highest BCUT2D eigenvalue weighted by molar-refractivity contribution is 5.97. The zero-order chi connectivity index (χ0) is 16.5. The van der Waals surface area contributed by atoms with Gasteiger partial charge in [0.15, 0.2) is 0 Å². The van der Waals surface area contributed by atoms with Crippen LogP contribution in [0, 0.1) is 6.92 Å². The molecule has 3 aromatic carbocycles. The first kappa shape index (κ1) is 14.0. The molecule has 2 aliphatic rings. The average Bonchev–Trinajstić information content (AvgIpc) is 2.54. The molecule has 0 aromatic heterocycles. The fraction of sp³-hybridized carbons (Fsp3) is 0.250. The Bertz CT molecular complexity index is 1030. The van der Waals surface area contributed by atoms with Crippen molar-refractivity contribution in [3.63, 3.8) is 0 Å². The van der Waals surface area contributed by atoms with Crippen molar-refractivity contribution in [3.8, 4) is 0 Å². The van der Waals surface area contributed by atoms with Crippen molar-refractivity contribution < 1.29 is 0 Å². The molecule has 0 heterocycles. The van der Waals surface area contributed by atoms with Gasteiger partial charge in [-0.2, -0.15) is 0 Å². The molecule has 0 saturated carbocycles. The molecule has 5 rings (SSSR count). The van der Waals surface area contributed by atoms with E-state index in [0.29, 0.717) is 0 Å². The Hall–Kier alpha value is -2.34.